The third-order valence-corrected chi connectivity index (χ3v) is 5.00. The summed E-state index contributed by atoms with van der Waals surface area (Å²) in [6, 6.07) is 6.64. The van der Waals surface area contributed by atoms with Crippen LogP contribution in [0.5, 0.6) is 0 Å². The lowest BCUT2D eigenvalue weighted by atomic mass is 10.0. The van der Waals surface area contributed by atoms with Crippen LogP contribution in [0.2, 0.25) is 0 Å². The molecule has 1 N–H and O–H groups in total. The molecule has 0 radical (unpaired) electrons. The Morgan fingerprint density at radius 3 is 2.19 bits per heavy atom. The number of likely N-dealkylation sites (tertiary alicyclic amines) is 1. The standard InChI is InChI=1S/C18H20ClN3O4/c19-11-16(24)21-8-5-12(6-9-21)20-15(23)7-10-22-17(25)13-3-1-2-4-14(13)18(22)26/h1-4,12H,5-11H2,(H,20,23). The second kappa shape index (κ2) is 7.86. The molecule has 0 unspecified atom stereocenters. The molecule has 8 heteroatoms. The average molecular weight is 378 g/mol. The van der Waals surface area contributed by atoms with Crippen LogP contribution in [-0.2, 0) is 9.59 Å². The number of rotatable bonds is 5. The number of fused-ring (bicyclic) bond motifs is 1. The summed E-state index contributed by atoms with van der Waals surface area (Å²) in [5.41, 5.74) is 0.767. The fourth-order valence-corrected chi connectivity index (χ4v) is 3.48. The van der Waals surface area contributed by atoms with Crippen molar-refractivity contribution in [3.8, 4) is 0 Å². The fourth-order valence-electron chi connectivity index (χ4n) is 3.31. The number of benzene rings is 1. The molecule has 4 amide bonds. The van der Waals surface area contributed by atoms with Crippen molar-refractivity contribution in [2.45, 2.75) is 25.3 Å². The van der Waals surface area contributed by atoms with E-state index >= 15 is 0 Å². The molecule has 0 spiro atoms. The zero-order chi connectivity index (χ0) is 18.7. The Hall–Kier alpha value is -2.41. The van der Waals surface area contributed by atoms with Gasteiger partial charge in [-0.3, -0.25) is 24.1 Å². The Morgan fingerprint density at radius 2 is 1.65 bits per heavy atom. The molecular weight excluding hydrogens is 358 g/mol. The summed E-state index contributed by atoms with van der Waals surface area (Å²) in [7, 11) is 0. The van der Waals surface area contributed by atoms with Crippen LogP contribution in [0, 0.1) is 0 Å². The summed E-state index contributed by atoms with van der Waals surface area (Å²) in [6.07, 6.45) is 1.40. The van der Waals surface area contributed by atoms with Gasteiger partial charge in [-0.1, -0.05) is 12.1 Å². The Kier molecular flexibility index (Phi) is 5.56. The average Bonchev–Trinajstić information content (AvgIpc) is 2.91. The molecule has 2 heterocycles. The van der Waals surface area contributed by atoms with Gasteiger partial charge in [-0.15, -0.1) is 11.6 Å². The summed E-state index contributed by atoms with van der Waals surface area (Å²) >= 11 is 5.55. The van der Waals surface area contributed by atoms with E-state index in [0.717, 1.165) is 4.90 Å². The Balaban J connectivity index is 1.46. The van der Waals surface area contributed by atoms with E-state index in [1.807, 2.05) is 0 Å². The Labute approximate surface area is 156 Å². The number of halogens is 1. The van der Waals surface area contributed by atoms with Gasteiger partial charge in [-0.05, 0) is 25.0 Å². The van der Waals surface area contributed by atoms with Crippen LogP contribution in [0.15, 0.2) is 24.3 Å². The maximum absolute atomic E-state index is 12.3. The second-order valence-electron chi connectivity index (χ2n) is 6.41. The van der Waals surface area contributed by atoms with E-state index in [2.05, 4.69) is 5.32 Å². The zero-order valence-electron chi connectivity index (χ0n) is 14.2. The molecule has 138 valence electrons. The van der Waals surface area contributed by atoms with Gasteiger partial charge in [0.1, 0.15) is 5.88 Å². The van der Waals surface area contributed by atoms with E-state index in [4.69, 9.17) is 11.6 Å². The van der Waals surface area contributed by atoms with E-state index in [9.17, 15) is 19.2 Å². The highest BCUT2D eigenvalue weighted by atomic mass is 35.5. The van der Waals surface area contributed by atoms with Crippen LogP contribution in [0.25, 0.3) is 0 Å². The van der Waals surface area contributed by atoms with E-state index in [1.165, 1.54) is 0 Å². The summed E-state index contributed by atoms with van der Waals surface area (Å²) in [5, 5.41) is 2.91. The largest absolute Gasteiger partial charge is 0.353 e. The maximum atomic E-state index is 12.3. The van der Waals surface area contributed by atoms with E-state index < -0.39 is 0 Å². The minimum Gasteiger partial charge on any atom is -0.353 e. The normalized spacial score (nSPS) is 17.4. The highest BCUT2D eigenvalue weighted by Gasteiger charge is 2.35. The number of carbonyl (C=O) groups is 4. The molecule has 1 saturated heterocycles. The highest BCUT2D eigenvalue weighted by Crippen LogP contribution is 2.22. The summed E-state index contributed by atoms with van der Waals surface area (Å²) in [5.74, 6) is -1.04. The number of hydrogen-bond donors (Lipinski definition) is 1. The minimum atomic E-state index is -0.355. The van der Waals surface area contributed by atoms with Crippen LogP contribution in [0.3, 0.4) is 0 Å². The molecule has 3 rings (SSSR count). The Morgan fingerprint density at radius 1 is 1.08 bits per heavy atom. The van der Waals surface area contributed by atoms with Gasteiger partial charge in [0, 0.05) is 32.1 Å². The molecule has 2 aliphatic heterocycles. The van der Waals surface area contributed by atoms with Crippen molar-refractivity contribution >= 4 is 35.2 Å². The number of carbonyl (C=O) groups excluding carboxylic acids is 4. The third kappa shape index (κ3) is 3.72. The molecule has 0 saturated carbocycles. The van der Waals surface area contributed by atoms with Crippen LogP contribution in [0.4, 0.5) is 0 Å². The first-order valence-corrected chi connectivity index (χ1v) is 9.13. The van der Waals surface area contributed by atoms with Crippen LogP contribution >= 0.6 is 11.6 Å². The first-order valence-electron chi connectivity index (χ1n) is 8.59. The van der Waals surface area contributed by atoms with Gasteiger partial charge in [0.25, 0.3) is 11.8 Å². The van der Waals surface area contributed by atoms with Crippen LogP contribution in [-0.4, -0.2) is 65.0 Å². The van der Waals surface area contributed by atoms with Gasteiger partial charge in [-0.2, -0.15) is 0 Å². The van der Waals surface area contributed by atoms with Gasteiger partial charge >= 0.3 is 0 Å². The van der Waals surface area contributed by atoms with Crippen LogP contribution in [0.1, 0.15) is 40.0 Å². The van der Waals surface area contributed by atoms with Crippen LogP contribution < -0.4 is 5.32 Å². The predicted molar refractivity (Wildman–Crippen MR) is 94.9 cm³/mol. The molecule has 0 atom stereocenters. The zero-order valence-corrected chi connectivity index (χ0v) is 15.0. The van der Waals surface area contributed by atoms with E-state index in [1.54, 1.807) is 29.2 Å². The van der Waals surface area contributed by atoms with E-state index in [-0.39, 0.29) is 48.5 Å². The number of alkyl halides is 1. The first kappa shape index (κ1) is 18.4. The molecule has 2 aliphatic rings. The van der Waals surface area contributed by atoms with Gasteiger partial charge in [0.05, 0.1) is 11.1 Å². The number of amides is 4. The Bertz CT molecular complexity index is 709. The highest BCUT2D eigenvalue weighted by molar-refractivity contribution is 6.27. The SMILES string of the molecule is O=C(CCN1C(=O)c2ccccc2C1=O)NC1CCN(C(=O)CCl)CC1. The molecule has 1 aromatic rings. The number of nitrogens with one attached hydrogen (secondary N) is 1. The number of hydrogen-bond acceptors (Lipinski definition) is 4. The van der Waals surface area contributed by atoms with Crippen molar-refractivity contribution in [2.24, 2.45) is 0 Å². The lowest BCUT2D eigenvalue weighted by Gasteiger charge is -2.32. The molecule has 7 nitrogen and oxygen atoms in total. The fraction of sp³-hybridized carbons (Fsp3) is 0.444. The van der Waals surface area contributed by atoms with Gasteiger partial charge in [-0.25, -0.2) is 0 Å². The molecule has 0 aromatic heterocycles. The van der Waals surface area contributed by atoms with Crippen molar-refractivity contribution in [3.63, 3.8) is 0 Å². The molecule has 0 bridgehead atoms. The molecule has 1 fully saturated rings. The molecule has 1 aromatic carbocycles. The smallest absolute Gasteiger partial charge is 0.261 e. The van der Waals surface area contributed by atoms with E-state index in [0.29, 0.717) is 37.1 Å². The van der Waals surface area contributed by atoms with Crippen molar-refractivity contribution in [3.05, 3.63) is 35.4 Å². The number of nitrogens with zero attached hydrogens (tertiary/aromatic N) is 2. The molecular formula is C18H20ClN3O4. The maximum Gasteiger partial charge on any atom is 0.261 e. The van der Waals surface area contributed by atoms with Crippen molar-refractivity contribution in [1.29, 1.82) is 0 Å². The minimum absolute atomic E-state index is 0.0101. The number of imide groups is 1. The molecule has 26 heavy (non-hydrogen) atoms. The topological polar surface area (TPSA) is 86.8 Å². The second-order valence-corrected chi connectivity index (χ2v) is 6.68. The first-order chi connectivity index (χ1) is 12.5. The number of piperidine rings is 1. The predicted octanol–water partition coefficient (Wildman–Crippen LogP) is 1.02. The van der Waals surface area contributed by atoms with Crippen molar-refractivity contribution in [1.82, 2.24) is 15.1 Å². The summed E-state index contributed by atoms with van der Waals surface area (Å²) in [6.45, 7) is 1.19. The van der Waals surface area contributed by atoms with Gasteiger partial charge in [0.2, 0.25) is 11.8 Å². The summed E-state index contributed by atoms with van der Waals surface area (Å²) < 4.78 is 0. The third-order valence-electron chi connectivity index (χ3n) is 4.77. The van der Waals surface area contributed by atoms with Gasteiger partial charge < -0.3 is 10.2 Å². The van der Waals surface area contributed by atoms with Crippen molar-refractivity contribution in [2.75, 3.05) is 25.5 Å². The van der Waals surface area contributed by atoms with Gasteiger partial charge in [0.15, 0.2) is 0 Å². The lowest BCUT2D eigenvalue weighted by molar-refractivity contribution is -0.129. The lowest BCUT2D eigenvalue weighted by Crippen LogP contribution is -2.47. The molecule has 0 aliphatic carbocycles. The summed E-state index contributed by atoms with van der Waals surface area (Å²) in [4.78, 5) is 51.0. The quantitative estimate of drug-likeness (QED) is 0.613. The van der Waals surface area contributed by atoms with Crippen molar-refractivity contribution < 1.29 is 19.2 Å². The monoisotopic (exact) mass is 377 g/mol.